The summed E-state index contributed by atoms with van der Waals surface area (Å²) in [5.74, 6) is 1.58. The summed E-state index contributed by atoms with van der Waals surface area (Å²) in [6.45, 7) is 6.96. The molecule has 6 rings (SSSR count). The molecule has 1 N–H and O–H groups in total. The zero-order chi connectivity index (χ0) is 27.7. The third-order valence-corrected chi connectivity index (χ3v) is 9.67. The van der Waals surface area contributed by atoms with Gasteiger partial charge in [0.1, 0.15) is 0 Å². The van der Waals surface area contributed by atoms with Gasteiger partial charge in [0, 0.05) is 67.1 Å². The average Bonchev–Trinajstić information content (AvgIpc) is 2.89. The van der Waals surface area contributed by atoms with Gasteiger partial charge in [0.15, 0.2) is 21.8 Å². The van der Waals surface area contributed by atoms with Gasteiger partial charge in [0.05, 0.1) is 43.2 Å². The fraction of sp³-hybridized carbons (Fsp3) is 0.481. The van der Waals surface area contributed by atoms with E-state index in [0.717, 1.165) is 56.2 Å². The van der Waals surface area contributed by atoms with E-state index in [1.807, 2.05) is 24.3 Å². The van der Waals surface area contributed by atoms with Crippen molar-refractivity contribution in [3.63, 3.8) is 0 Å². The molecule has 4 aliphatic heterocycles. The molecule has 0 saturated carbocycles. The summed E-state index contributed by atoms with van der Waals surface area (Å²) in [5, 5.41) is 4.47. The topological polar surface area (TPSA) is 100 Å². The Morgan fingerprint density at radius 2 is 1.65 bits per heavy atom. The lowest BCUT2D eigenvalue weighted by Crippen LogP contribution is -2.56. The van der Waals surface area contributed by atoms with Crippen molar-refractivity contribution in [1.82, 2.24) is 25.1 Å². The van der Waals surface area contributed by atoms with E-state index in [2.05, 4.69) is 30.0 Å². The molecule has 2 aromatic rings. The Hall–Kier alpha value is -2.41. The largest absolute Gasteiger partial charge is 0.464 e. The van der Waals surface area contributed by atoms with Crippen molar-refractivity contribution in [2.45, 2.75) is 12.3 Å². The van der Waals surface area contributed by atoms with Crippen LogP contribution in [0.4, 0.5) is 5.95 Å². The van der Waals surface area contributed by atoms with Gasteiger partial charge in [-0.3, -0.25) is 9.80 Å². The number of hydrogen-bond acceptors (Lipinski definition) is 10. The SMILES string of the molecule is O=S1(=O)CCN(CC2=CC(Oc3cnc(N4CCN(C5COC5)CC4)nc3)NC(c3cc(Cl)cc(Cl)c3)=C2)CC1. The Kier molecular flexibility index (Phi) is 8.21. The molecule has 3 fully saturated rings. The highest BCUT2D eigenvalue weighted by atomic mass is 35.5. The minimum absolute atomic E-state index is 0.173. The van der Waals surface area contributed by atoms with Gasteiger partial charge in [0.2, 0.25) is 5.95 Å². The summed E-state index contributed by atoms with van der Waals surface area (Å²) >= 11 is 12.6. The molecule has 214 valence electrons. The fourth-order valence-electron chi connectivity index (χ4n) is 5.27. The third-order valence-electron chi connectivity index (χ3n) is 7.62. The highest BCUT2D eigenvalue weighted by molar-refractivity contribution is 7.91. The van der Waals surface area contributed by atoms with Gasteiger partial charge in [-0.2, -0.15) is 0 Å². The van der Waals surface area contributed by atoms with Crippen LogP contribution in [-0.4, -0.2) is 111 Å². The molecule has 10 nitrogen and oxygen atoms in total. The molecule has 1 atom stereocenters. The monoisotopic (exact) mass is 606 g/mol. The Labute approximate surface area is 244 Å². The molecule has 13 heteroatoms. The van der Waals surface area contributed by atoms with Crippen LogP contribution in [0.15, 0.2) is 48.3 Å². The number of piperazine rings is 1. The number of nitrogens with zero attached hydrogens (tertiary/aromatic N) is 5. The Balaban J connectivity index is 1.14. The van der Waals surface area contributed by atoms with Crippen molar-refractivity contribution in [3.05, 3.63) is 63.9 Å². The van der Waals surface area contributed by atoms with Crippen LogP contribution >= 0.6 is 23.2 Å². The van der Waals surface area contributed by atoms with Crippen LogP contribution in [0.3, 0.4) is 0 Å². The van der Waals surface area contributed by atoms with E-state index in [4.69, 9.17) is 32.7 Å². The van der Waals surface area contributed by atoms with E-state index in [9.17, 15) is 8.42 Å². The Bertz CT molecular complexity index is 1360. The molecule has 0 aliphatic carbocycles. The summed E-state index contributed by atoms with van der Waals surface area (Å²) in [6.07, 6.45) is 6.93. The zero-order valence-electron chi connectivity index (χ0n) is 22.0. The second-order valence-corrected chi connectivity index (χ2v) is 13.7. The van der Waals surface area contributed by atoms with Crippen LogP contribution in [0.5, 0.6) is 5.75 Å². The second kappa shape index (κ2) is 11.8. The van der Waals surface area contributed by atoms with Gasteiger partial charge in [-0.15, -0.1) is 0 Å². The molecule has 0 amide bonds. The number of nitrogens with one attached hydrogen (secondary N) is 1. The van der Waals surface area contributed by atoms with E-state index in [1.54, 1.807) is 18.5 Å². The third kappa shape index (κ3) is 6.72. The van der Waals surface area contributed by atoms with E-state index in [1.165, 1.54) is 0 Å². The Morgan fingerprint density at radius 3 is 2.27 bits per heavy atom. The highest BCUT2D eigenvalue weighted by Gasteiger charge is 2.29. The van der Waals surface area contributed by atoms with Crippen LogP contribution < -0.4 is 15.0 Å². The molecule has 4 aliphatic rings. The van der Waals surface area contributed by atoms with Gasteiger partial charge < -0.3 is 19.7 Å². The molecule has 0 bridgehead atoms. The van der Waals surface area contributed by atoms with Crippen molar-refractivity contribution in [3.8, 4) is 5.75 Å². The number of aromatic nitrogens is 2. The molecule has 40 heavy (non-hydrogen) atoms. The first-order valence-corrected chi connectivity index (χ1v) is 16.0. The van der Waals surface area contributed by atoms with Crippen LogP contribution in [-0.2, 0) is 14.6 Å². The summed E-state index contributed by atoms with van der Waals surface area (Å²) < 4.78 is 35.4. The first-order valence-electron chi connectivity index (χ1n) is 13.4. The van der Waals surface area contributed by atoms with Crippen LogP contribution in [0.25, 0.3) is 5.70 Å². The van der Waals surface area contributed by atoms with E-state index in [-0.39, 0.29) is 11.5 Å². The number of rotatable bonds is 7. The molecule has 5 heterocycles. The minimum atomic E-state index is -2.96. The molecule has 1 aromatic heterocycles. The fourth-order valence-corrected chi connectivity index (χ4v) is 7.07. The number of dihydropyridines is 1. The number of sulfone groups is 1. The van der Waals surface area contributed by atoms with Crippen molar-refractivity contribution >= 4 is 44.7 Å². The maximum absolute atomic E-state index is 11.9. The number of halogens is 2. The lowest BCUT2D eigenvalue weighted by Gasteiger charge is -2.42. The second-order valence-electron chi connectivity index (χ2n) is 10.5. The maximum atomic E-state index is 11.9. The standard InChI is InChI=1S/C27H32Cl2N6O4S/c28-21-11-20(12-22(29)13-21)25-9-19(16-33-5-7-40(36,37)8-6-33)10-26(32-25)39-24-14-30-27(31-15-24)35-3-1-34(2-4-35)23-17-38-18-23/h9-15,23,26,32H,1-8,16-18H2. The van der Waals surface area contributed by atoms with Crippen molar-refractivity contribution in [2.24, 2.45) is 0 Å². The Morgan fingerprint density at radius 1 is 0.975 bits per heavy atom. The van der Waals surface area contributed by atoms with Crippen LogP contribution in [0, 0.1) is 0 Å². The van der Waals surface area contributed by atoms with Crippen molar-refractivity contribution < 1.29 is 17.9 Å². The van der Waals surface area contributed by atoms with Crippen molar-refractivity contribution in [2.75, 3.05) is 75.4 Å². The maximum Gasteiger partial charge on any atom is 0.225 e. The number of hydrogen-bond donors (Lipinski definition) is 1. The molecule has 1 unspecified atom stereocenters. The zero-order valence-corrected chi connectivity index (χ0v) is 24.3. The van der Waals surface area contributed by atoms with Crippen LogP contribution in [0.1, 0.15) is 5.56 Å². The lowest BCUT2D eigenvalue weighted by atomic mass is 10.0. The van der Waals surface area contributed by atoms with E-state index >= 15 is 0 Å². The van der Waals surface area contributed by atoms with Crippen molar-refractivity contribution in [1.29, 1.82) is 0 Å². The van der Waals surface area contributed by atoms with Gasteiger partial charge in [-0.05, 0) is 35.9 Å². The summed E-state index contributed by atoms with van der Waals surface area (Å²) in [5.41, 5.74) is 2.64. The first kappa shape index (κ1) is 27.7. The molecule has 0 radical (unpaired) electrons. The summed E-state index contributed by atoms with van der Waals surface area (Å²) in [7, 11) is -2.96. The van der Waals surface area contributed by atoms with Gasteiger partial charge >= 0.3 is 0 Å². The van der Waals surface area contributed by atoms with E-state index < -0.39 is 16.1 Å². The van der Waals surface area contributed by atoms with Gasteiger partial charge in [-0.25, -0.2) is 18.4 Å². The molecule has 0 spiro atoms. The predicted octanol–water partition coefficient (Wildman–Crippen LogP) is 2.31. The minimum Gasteiger partial charge on any atom is -0.464 e. The number of ether oxygens (including phenoxy) is 2. The summed E-state index contributed by atoms with van der Waals surface area (Å²) in [6, 6.07) is 5.92. The smallest absolute Gasteiger partial charge is 0.225 e. The number of anilines is 1. The predicted molar refractivity (Wildman–Crippen MR) is 156 cm³/mol. The molecule has 1 aromatic carbocycles. The summed E-state index contributed by atoms with van der Waals surface area (Å²) in [4.78, 5) is 16.0. The van der Waals surface area contributed by atoms with Gasteiger partial charge in [0.25, 0.3) is 0 Å². The van der Waals surface area contributed by atoms with Gasteiger partial charge in [-0.1, -0.05) is 23.2 Å². The normalized spacial score (nSPS) is 24.1. The lowest BCUT2D eigenvalue weighted by molar-refractivity contribution is -0.0661. The molecular formula is C27H32Cl2N6O4S. The quantitative estimate of drug-likeness (QED) is 0.505. The molecular weight excluding hydrogens is 575 g/mol. The highest BCUT2D eigenvalue weighted by Crippen LogP contribution is 2.27. The first-order chi connectivity index (χ1) is 19.3. The van der Waals surface area contributed by atoms with Crippen LogP contribution in [0.2, 0.25) is 10.0 Å². The number of benzene rings is 1. The molecule has 3 saturated heterocycles. The average molecular weight is 608 g/mol. The van der Waals surface area contributed by atoms with E-state index in [0.29, 0.717) is 47.4 Å².